The monoisotopic (exact) mass is 644 g/mol. The average Bonchev–Trinajstić information content (AvgIpc) is 3.74. The molecule has 1 N–H and O–H groups in total. The summed E-state index contributed by atoms with van der Waals surface area (Å²) in [5.74, 6) is 2.10. The van der Waals surface area contributed by atoms with E-state index in [9.17, 15) is 9.59 Å². The van der Waals surface area contributed by atoms with Crippen molar-refractivity contribution in [3.05, 3.63) is 77.0 Å². The van der Waals surface area contributed by atoms with Crippen LogP contribution in [0.5, 0.6) is 5.75 Å². The van der Waals surface area contributed by atoms with Gasteiger partial charge < -0.3 is 23.9 Å². The molecule has 2 amide bonds. The minimum Gasteiger partial charge on any atom is -0.487 e. The van der Waals surface area contributed by atoms with E-state index in [0.717, 1.165) is 27.4 Å². The highest BCUT2D eigenvalue weighted by molar-refractivity contribution is 6.08. The van der Waals surface area contributed by atoms with Crippen molar-refractivity contribution in [2.75, 3.05) is 10.2 Å². The third kappa shape index (κ3) is 9.67. The molecule has 11 heteroatoms. The van der Waals surface area contributed by atoms with Crippen LogP contribution in [0.3, 0.4) is 0 Å². The van der Waals surface area contributed by atoms with Crippen molar-refractivity contribution < 1.29 is 23.8 Å². The van der Waals surface area contributed by atoms with E-state index in [2.05, 4.69) is 43.0 Å². The van der Waals surface area contributed by atoms with Gasteiger partial charge in [0.2, 0.25) is 0 Å². The van der Waals surface area contributed by atoms with Crippen LogP contribution in [-0.2, 0) is 22.6 Å². The minimum absolute atomic E-state index is 0.126. The molecule has 0 aliphatic heterocycles. The number of amides is 2. The maximum atomic E-state index is 13.1. The normalized spacial score (nSPS) is 13.0. The standard InChI is InChI=1S/C34H42N6O5.C2H6/c1-21-15-30(40(31(41)44-33(3,4)5)32(42)45-34(6,7)8)37-22(2)27(21)17-36-28-16-26(13-14-35-28)43-20-25-19-39-18-24(23-9-10-23)11-12-29(39)38-25;1-2/h11-16,18-19,23H,9-10,17,20H2,1-8H3,(H,35,36);1-2H3. The number of carbonyl (C=O) groups excluding carboxylic acids is 2. The number of pyridine rings is 3. The highest BCUT2D eigenvalue weighted by atomic mass is 16.6. The number of nitrogens with one attached hydrogen (secondary N) is 1. The third-order valence-electron chi connectivity index (χ3n) is 7.06. The Morgan fingerprint density at radius 3 is 2.19 bits per heavy atom. The summed E-state index contributed by atoms with van der Waals surface area (Å²) in [5, 5.41) is 3.33. The van der Waals surface area contributed by atoms with E-state index in [0.29, 0.717) is 36.3 Å². The number of fused-ring (bicyclic) bond motifs is 1. The summed E-state index contributed by atoms with van der Waals surface area (Å²) in [4.78, 5) is 40.7. The predicted molar refractivity (Wildman–Crippen MR) is 183 cm³/mol. The third-order valence-corrected chi connectivity index (χ3v) is 7.06. The maximum absolute atomic E-state index is 13.1. The second-order valence-electron chi connectivity index (χ2n) is 13.4. The number of imide groups is 1. The van der Waals surface area contributed by atoms with Crippen molar-refractivity contribution in [3.63, 3.8) is 0 Å². The van der Waals surface area contributed by atoms with Gasteiger partial charge in [0.25, 0.3) is 0 Å². The van der Waals surface area contributed by atoms with Crippen LogP contribution < -0.4 is 15.0 Å². The number of aryl methyl sites for hydroxylation is 2. The molecule has 4 aromatic heterocycles. The molecular weight excluding hydrogens is 596 g/mol. The van der Waals surface area contributed by atoms with Crippen LogP contribution in [-0.4, -0.2) is 42.7 Å². The zero-order valence-electron chi connectivity index (χ0n) is 29.3. The van der Waals surface area contributed by atoms with Gasteiger partial charge in [-0.25, -0.2) is 24.5 Å². The van der Waals surface area contributed by atoms with Gasteiger partial charge in [-0.05, 0) is 109 Å². The molecule has 0 atom stereocenters. The average molecular weight is 645 g/mol. The fraction of sp³-hybridized carbons (Fsp3) is 0.472. The number of nitrogens with zero attached hydrogens (tertiary/aromatic N) is 5. The zero-order valence-corrected chi connectivity index (χ0v) is 29.3. The summed E-state index contributed by atoms with van der Waals surface area (Å²) in [7, 11) is 0. The van der Waals surface area contributed by atoms with E-state index in [1.165, 1.54) is 18.4 Å². The van der Waals surface area contributed by atoms with Crippen LogP contribution in [0.4, 0.5) is 21.2 Å². The van der Waals surface area contributed by atoms with Crippen LogP contribution in [0.2, 0.25) is 0 Å². The second kappa shape index (κ2) is 14.4. The van der Waals surface area contributed by atoms with Crippen molar-refractivity contribution >= 4 is 29.5 Å². The Hall–Kier alpha value is -4.67. The summed E-state index contributed by atoms with van der Waals surface area (Å²) in [6, 6.07) is 9.54. The maximum Gasteiger partial charge on any atom is 0.425 e. The van der Waals surface area contributed by atoms with E-state index < -0.39 is 23.4 Å². The molecule has 1 fully saturated rings. The van der Waals surface area contributed by atoms with Crippen LogP contribution >= 0.6 is 0 Å². The molecular formula is C36H48N6O5. The van der Waals surface area contributed by atoms with Gasteiger partial charge in [-0.2, -0.15) is 4.90 Å². The molecule has 252 valence electrons. The van der Waals surface area contributed by atoms with Gasteiger partial charge in [0.1, 0.15) is 40.8 Å². The zero-order chi connectivity index (χ0) is 34.5. The first-order valence-corrected chi connectivity index (χ1v) is 16.2. The van der Waals surface area contributed by atoms with Crippen LogP contribution in [0.1, 0.15) is 102 Å². The number of anilines is 2. The van der Waals surface area contributed by atoms with E-state index in [1.807, 2.05) is 40.0 Å². The Morgan fingerprint density at radius 2 is 1.60 bits per heavy atom. The SMILES string of the molecule is CC.Cc1cc(N(C(=O)OC(C)(C)C)C(=O)OC(C)(C)C)nc(C)c1CNc1cc(OCc2cn3cc(C4CC4)ccc3n2)ccn1. The Kier molecular flexibility index (Phi) is 10.8. The Labute approximate surface area is 277 Å². The first-order valence-electron chi connectivity index (χ1n) is 16.2. The topological polar surface area (TPSA) is 120 Å². The van der Waals surface area contributed by atoms with E-state index in [1.54, 1.807) is 59.9 Å². The Morgan fingerprint density at radius 1 is 0.936 bits per heavy atom. The lowest BCUT2D eigenvalue weighted by atomic mass is 10.1. The number of carbonyl (C=O) groups is 2. The van der Waals surface area contributed by atoms with Crippen molar-refractivity contribution in [2.45, 2.75) is 112 Å². The molecule has 47 heavy (non-hydrogen) atoms. The van der Waals surface area contributed by atoms with E-state index >= 15 is 0 Å². The molecule has 1 aliphatic rings. The van der Waals surface area contributed by atoms with Crippen molar-refractivity contribution in [2.24, 2.45) is 0 Å². The summed E-state index contributed by atoms with van der Waals surface area (Å²) < 4.78 is 19.1. The fourth-order valence-electron chi connectivity index (χ4n) is 4.82. The van der Waals surface area contributed by atoms with Crippen molar-refractivity contribution in [3.8, 4) is 5.75 Å². The number of hydrogen-bond acceptors (Lipinski definition) is 9. The van der Waals surface area contributed by atoms with Crippen LogP contribution in [0.25, 0.3) is 5.65 Å². The lowest BCUT2D eigenvalue weighted by Crippen LogP contribution is -2.44. The molecule has 0 saturated heterocycles. The van der Waals surface area contributed by atoms with Crippen molar-refractivity contribution in [1.82, 2.24) is 19.4 Å². The number of hydrogen-bond donors (Lipinski definition) is 1. The number of rotatable bonds is 8. The summed E-state index contributed by atoms with van der Waals surface area (Å²) in [6.07, 6.45) is 6.66. The smallest absolute Gasteiger partial charge is 0.425 e. The van der Waals surface area contributed by atoms with E-state index in [4.69, 9.17) is 14.2 Å². The van der Waals surface area contributed by atoms with Gasteiger partial charge in [0.05, 0.1) is 5.69 Å². The Bertz CT molecular complexity index is 1660. The lowest BCUT2D eigenvalue weighted by molar-refractivity contribution is 0.0429. The van der Waals surface area contributed by atoms with E-state index in [-0.39, 0.29) is 5.82 Å². The van der Waals surface area contributed by atoms with Crippen LogP contribution in [0, 0.1) is 13.8 Å². The van der Waals surface area contributed by atoms with Gasteiger partial charge in [-0.3, -0.25) is 0 Å². The van der Waals surface area contributed by atoms with Gasteiger partial charge >= 0.3 is 12.2 Å². The van der Waals surface area contributed by atoms with Gasteiger partial charge in [-0.15, -0.1) is 0 Å². The largest absolute Gasteiger partial charge is 0.487 e. The highest BCUT2D eigenvalue weighted by Crippen LogP contribution is 2.40. The molecule has 11 nitrogen and oxygen atoms in total. The summed E-state index contributed by atoms with van der Waals surface area (Å²) in [5.41, 5.74) is 3.84. The summed E-state index contributed by atoms with van der Waals surface area (Å²) in [6.45, 7) is 18.8. The first-order chi connectivity index (χ1) is 22.1. The molecule has 0 bridgehead atoms. The molecule has 1 saturated carbocycles. The van der Waals surface area contributed by atoms with Gasteiger partial charge in [0, 0.05) is 36.9 Å². The minimum atomic E-state index is -0.860. The van der Waals surface area contributed by atoms with Gasteiger partial charge in [0.15, 0.2) is 0 Å². The van der Waals surface area contributed by atoms with Crippen LogP contribution in [0.15, 0.2) is 48.9 Å². The molecule has 0 unspecified atom stereocenters. The lowest BCUT2D eigenvalue weighted by Gasteiger charge is -2.28. The molecule has 5 rings (SSSR count). The Balaban J connectivity index is 0.00000245. The van der Waals surface area contributed by atoms with Gasteiger partial charge in [-0.1, -0.05) is 19.9 Å². The second-order valence-corrected chi connectivity index (χ2v) is 13.4. The van der Waals surface area contributed by atoms with Crippen molar-refractivity contribution in [1.29, 1.82) is 0 Å². The molecule has 4 heterocycles. The molecule has 1 aliphatic carbocycles. The number of aromatic nitrogens is 4. The number of imidazole rings is 1. The fourth-order valence-corrected chi connectivity index (χ4v) is 4.82. The molecule has 0 spiro atoms. The molecule has 0 radical (unpaired) electrons. The first kappa shape index (κ1) is 35.2. The predicted octanol–water partition coefficient (Wildman–Crippen LogP) is 8.51. The number of ether oxygens (including phenoxy) is 3. The molecule has 0 aromatic carbocycles. The summed E-state index contributed by atoms with van der Waals surface area (Å²) >= 11 is 0. The highest BCUT2D eigenvalue weighted by Gasteiger charge is 2.34. The molecule has 4 aromatic rings. The quantitative estimate of drug-likeness (QED) is 0.201.